The summed E-state index contributed by atoms with van der Waals surface area (Å²) in [6, 6.07) is -36.2. The van der Waals surface area contributed by atoms with Crippen molar-refractivity contribution >= 4 is 35.5 Å². The molecule has 3 aromatic rings. The van der Waals surface area contributed by atoms with Gasteiger partial charge in [0.25, 0.3) is 0 Å². The van der Waals surface area contributed by atoms with Crippen molar-refractivity contribution in [2.24, 2.45) is 5.89 Å². The van der Waals surface area contributed by atoms with E-state index in [-0.39, 0.29) is 59.1 Å². The molecule has 4 N–H and O–H groups in total. The standard InChI is InChI=1S/C33H45N4O9PS.2Na/c1-24(2)22-37(48(43,44)29-19-17-27(34)18-20-29)28(23-46-47(40,41)42)16-10-11-21-35-32(38)31(36-33(39)45-3)30(25-12-6-4-7-13-25)26-14-8-5-9-15-26;;/h4-9,12-15,17-20,24,28,30-31H,10-11,16,21-23,34H2,1-3H3,(H,35,38)(H,36,39)(H2,40,41,42);;/q;2*+1/p-2/t28-,31-;;/m0../s1/i1D3,2D3,3D3,4D,5D,6D,7D,8D,9D,10D2,11D2,12D,13D,14D,15D,16D2,17D,18D,19D,20D,21D2,22D2,23D2,24D,28D,30D,31D;;. The molecule has 0 bridgehead atoms. The first-order valence-electron chi connectivity index (χ1n) is 31.2. The number of benzene rings is 3. The summed E-state index contributed by atoms with van der Waals surface area (Å²) in [6.07, 6.45) is -20.8. The molecule has 0 heterocycles. The maximum Gasteiger partial charge on any atom is 1.00 e. The Morgan fingerprint density at radius 3 is 2.10 bits per heavy atom. The molecule has 17 heteroatoms. The van der Waals surface area contributed by atoms with Gasteiger partial charge in [-0.25, -0.2) is 13.2 Å². The van der Waals surface area contributed by atoms with Crippen LogP contribution in [-0.2, 0) is 28.6 Å². The number of ether oxygens (including phenoxy) is 1. The molecule has 0 spiro atoms. The summed E-state index contributed by atoms with van der Waals surface area (Å²) in [5.41, 5.74) is 0.120. The minimum absolute atomic E-state index is 0. The number of carbonyl (C=O) groups is 2. The Kier molecular flexibility index (Phi) is 6.31. The Balaban J connectivity index is 0.0000198. The molecule has 262 valence electrons. The molecule has 0 radical (unpaired) electrons. The minimum Gasteiger partial charge on any atom is -0.790 e. The Morgan fingerprint density at radius 2 is 1.58 bits per heavy atom. The molecule has 0 aliphatic heterocycles. The Morgan fingerprint density at radius 1 is 1.00 bits per heavy atom. The number of sulfonamides is 1. The van der Waals surface area contributed by atoms with E-state index in [0.717, 1.165) is 5.32 Å². The average Bonchev–Trinajstić information content (AvgIpc) is 3.31. The van der Waals surface area contributed by atoms with Gasteiger partial charge in [0.2, 0.25) is 15.9 Å². The van der Waals surface area contributed by atoms with Gasteiger partial charge in [0.05, 0.1) is 55.1 Å². The summed E-state index contributed by atoms with van der Waals surface area (Å²) >= 11 is 0. The van der Waals surface area contributed by atoms with Gasteiger partial charge < -0.3 is 40.0 Å². The molecule has 50 heavy (non-hydrogen) atoms. The second-order valence-corrected chi connectivity index (χ2v) is 10.5. The van der Waals surface area contributed by atoms with Crippen LogP contribution >= 0.6 is 7.82 Å². The van der Waals surface area contributed by atoms with Crippen LogP contribution in [0.2, 0.25) is 0 Å². The zero-order chi connectivity index (χ0) is 69.5. The Bertz CT molecular complexity index is 3310. The van der Waals surface area contributed by atoms with Crippen LogP contribution in [0, 0.1) is 5.89 Å². The van der Waals surface area contributed by atoms with E-state index in [4.69, 9.17) is 55.1 Å². The number of nitrogens with two attached hydrogens (primary N) is 1. The van der Waals surface area contributed by atoms with Crippen LogP contribution in [0.5, 0.6) is 0 Å². The molecule has 0 fully saturated rings. The van der Waals surface area contributed by atoms with Crippen molar-refractivity contribution in [3.8, 4) is 0 Å². The summed E-state index contributed by atoms with van der Waals surface area (Å²) in [7, 11) is -19.5. The monoisotopic (exact) mass is 787 g/mol. The number of carbonyl (C=O) groups excluding carboxylic acids is 2. The number of hydrogen-bond acceptors (Lipinski definition) is 10. The van der Waals surface area contributed by atoms with E-state index in [2.05, 4.69) is 9.26 Å². The van der Waals surface area contributed by atoms with Crippen molar-refractivity contribution in [3.63, 3.8) is 0 Å². The van der Waals surface area contributed by atoms with Crippen molar-refractivity contribution < 1.29 is 154 Å². The maximum absolute atomic E-state index is 15.3. The van der Waals surface area contributed by atoms with Crippen LogP contribution in [0.15, 0.2) is 89.5 Å². The SMILES string of the molecule is [2H]c1c([2H])c([2H])c(C([2H])(c2c([2H])c([2H])c([2H])c([2H])c2[2H])[C@]([2H])(NC(=O)OC([2H])([2H])[2H])C(=O)NC([2H])([2H])C([2H])([2H])C([2H])([2H])C([2H])([2H])[C@]([2H])(N(C([2H])([2H])C([2H])(C([2H])([2H])[2H])C([2H])([2H])[2H])S(=O)(=O)c2c([2H])c([2H])c(N)c([2H])c2[2H])C([2H])([2H])OP(=O)([O-])[O-])c([2H])c1[2H].[Na+].[Na+]. The number of alkyl carbamates (subject to hydrolysis) is 1. The molecular weight excluding hydrogens is 705 g/mol. The zero-order valence-electron chi connectivity index (χ0n) is 64.1. The van der Waals surface area contributed by atoms with Gasteiger partial charge in [-0.3, -0.25) is 4.79 Å². The van der Waals surface area contributed by atoms with Crippen molar-refractivity contribution in [3.05, 3.63) is 95.7 Å². The average molecular weight is 788 g/mol. The largest absolute Gasteiger partial charge is 1.00 e. The van der Waals surface area contributed by atoms with Gasteiger partial charge >= 0.3 is 65.2 Å². The van der Waals surface area contributed by atoms with Crippen molar-refractivity contribution in [1.82, 2.24) is 14.9 Å². The summed E-state index contributed by atoms with van der Waals surface area (Å²) < 4.78 is 378. The number of nitrogens with one attached hydrogen (secondary N) is 2. The molecule has 2 amide bonds. The second-order valence-electron chi connectivity index (χ2n) is 7.71. The first-order valence-corrected chi connectivity index (χ1v) is 14.6. The molecule has 3 rings (SSSR count). The van der Waals surface area contributed by atoms with Crippen LogP contribution in [0.3, 0.4) is 0 Å². The van der Waals surface area contributed by atoms with Gasteiger partial charge in [-0.2, -0.15) is 4.31 Å². The van der Waals surface area contributed by atoms with E-state index in [1.54, 1.807) is 0 Å². The maximum atomic E-state index is 15.3. The molecule has 0 aromatic heterocycles. The van der Waals surface area contributed by atoms with Gasteiger partial charge in [0, 0.05) is 55.3 Å². The third-order valence-electron chi connectivity index (χ3n) is 4.57. The topological polar surface area (TPSA) is 203 Å². The second kappa shape index (κ2) is 22.3. The fourth-order valence-electron chi connectivity index (χ4n) is 2.84. The summed E-state index contributed by atoms with van der Waals surface area (Å²) in [4.78, 5) is 50.6. The van der Waals surface area contributed by atoms with Crippen LogP contribution < -0.4 is 85.3 Å². The normalized spacial score (nSPS) is 28.3. The van der Waals surface area contributed by atoms with Gasteiger partial charge in [-0.15, -0.1) is 0 Å². The molecule has 13 nitrogen and oxygen atoms in total. The van der Waals surface area contributed by atoms with Crippen LogP contribution in [0.1, 0.15) is 103 Å². The Hall–Kier alpha value is -1.78. The summed E-state index contributed by atoms with van der Waals surface area (Å²) in [5, 5.41) is 1.68. The molecule has 0 unspecified atom stereocenters. The van der Waals surface area contributed by atoms with Gasteiger partial charge in [-0.1, -0.05) is 80.5 Å². The molecule has 3 aromatic carbocycles. The number of rotatable bonds is 18. The number of methoxy groups -OCH3 is 1. The van der Waals surface area contributed by atoms with E-state index in [0.29, 0.717) is 5.32 Å². The van der Waals surface area contributed by atoms with Crippen LogP contribution in [-0.4, -0.2) is 63.3 Å². The number of nitrogens with zero attached hydrogens (tertiary/aromatic N) is 1. The van der Waals surface area contributed by atoms with Crippen molar-refractivity contribution in [1.29, 1.82) is 0 Å². The molecular formula is C33H43N4Na2O9PS. The Labute approximate surface area is 393 Å². The third kappa shape index (κ3) is 14.7. The third-order valence-corrected chi connectivity index (χ3v) is 6.36. The smallest absolute Gasteiger partial charge is 0.790 e. The fourth-order valence-corrected chi connectivity index (χ4v) is 4.12. The van der Waals surface area contributed by atoms with E-state index < -0.39 is 224 Å². The number of phosphoric ester groups is 1. The predicted octanol–water partition coefficient (Wildman–Crippen LogP) is -3.02. The van der Waals surface area contributed by atoms with Crippen LogP contribution in [0.25, 0.3) is 0 Å². The first kappa shape index (κ1) is 14.1. The zero-order valence-corrected chi connectivity index (χ0v) is 30.8. The van der Waals surface area contributed by atoms with E-state index in [9.17, 15) is 23.3 Å². The first-order chi connectivity index (χ1) is 38.1. The number of hydrogen-bond donors (Lipinski definition) is 3. The van der Waals surface area contributed by atoms with Crippen molar-refractivity contribution in [2.75, 3.05) is 32.3 Å². The molecule has 0 aliphatic rings. The van der Waals surface area contributed by atoms with Gasteiger partial charge in [0.15, 0.2) is 0 Å². The van der Waals surface area contributed by atoms with Crippen LogP contribution in [0.4, 0.5) is 10.5 Å². The van der Waals surface area contributed by atoms with Gasteiger partial charge in [0.1, 0.15) is 6.02 Å². The summed E-state index contributed by atoms with van der Waals surface area (Å²) in [6.45, 7) is -27.6. The van der Waals surface area contributed by atoms with E-state index in [1.165, 1.54) is 0 Å². The van der Waals surface area contributed by atoms with Crippen molar-refractivity contribution in [2.45, 2.75) is 55.6 Å². The molecule has 2 atom stereocenters. The minimum atomic E-state index is -7.77. The van der Waals surface area contributed by atoms with Gasteiger partial charge in [-0.05, 0) is 53.9 Å². The predicted molar refractivity (Wildman–Crippen MR) is 178 cm³/mol. The number of amides is 2. The molecule has 0 saturated carbocycles. The quantitative estimate of drug-likeness (QED) is 0.0677. The number of anilines is 1. The number of phosphoric acid groups is 1. The fraction of sp³-hybridized carbons (Fsp3) is 0.394. The number of nitrogen functional groups attached to an aromatic ring is 1. The van der Waals surface area contributed by atoms with E-state index in [1.807, 2.05) is 0 Å². The molecule has 0 saturated heterocycles. The van der Waals surface area contributed by atoms with E-state index >= 15 is 13.2 Å². The molecule has 0 aliphatic carbocycles. The summed E-state index contributed by atoms with van der Waals surface area (Å²) in [5.74, 6) is -13.5.